The number of likely N-dealkylation sites (tertiary alicyclic amines) is 1. The zero-order valence-corrected chi connectivity index (χ0v) is 10.6. The Bertz CT molecular complexity index is 416. The number of ether oxygens (including phenoxy) is 2. The Labute approximate surface area is 110 Å². The fraction of sp³-hybridized carbons (Fsp3) is 0.500. The van der Waals surface area contributed by atoms with Gasteiger partial charge in [0, 0.05) is 25.8 Å². The van der Waals surface area contributed by atoms with Crippen LogP contribution in [0.5, 0.6) is 0 Å². The molecule has 0 aliphatic carbocycles. The van der Waals surface area contributed by atoms with Crippen LogP contribution in [0.25, 0.3) is 0 Å². The van der Waals surface area contributed by atoms with Crippen LogP contribution in [-0.2, 0) is 28.7 Å². The van der Waals surface area contributed by atoms with Gasteiger partial charge in [-0.05, 0) is 6.42 Å². The number of piperidine rings is 1. The molecule has 0 saturated carbocycles. The van der Waals surface area contributed by atoms with Crippen LogP contribution in [-0.4, -0.2) is 41.5 Å². The van der Waals surface area contributed by atoms with Crippen LogP contribution in [0.3, 0.4) is 0 Å². The SMILES string of the molecule is C=CC(=O)OCC(=O)N1C(=O)CCCC1OC(C)=O. The van der Waals surface area contributed by atoms with Crippen molar-refractivity contribution < 1.29 is 28.7 Å². The third kappa shape index (κ3) is 4.20. The van der Waals surface area contributed by atoms with Gasteiger partial charge < -0.3 is 9.47 Å². The maximum absolute atomic E-state index is 11.8. The first-order valence-electron chi connectivity index (χ1n) is 5.77. The Morgan fingerprint density at radius 2 is 2.16 bits per heavy atom. The van der Waals surface area contributed by atoms with E-state index in [0.717, 1.165) is 11.0 Å². The molecule has 19 heavy (non-hydrogen) atoms. The molecule has 7 heteroatoms. The van der Waals surface area contributed by atoms with E-state index >= 15 is 0 Å². The molecule has 1 heterocycles. The second-order valence-electron chi connectivity index (χ2n) is 3.93. The lowest BCUT2D eigenvalue weighted by atomic mass is 10.1. The van der Waals surface area contributed by atoms with Crippen molar-refractivity contribution in [3.8, 4) is 0 Å². The number of carbonyl (C=O) groups is 4. The Hall–Kier alpha value is -2.18. The smallest absolute Gasteiger partial charge is 0.330 e. The minimum Gasteiger partial charge on any atom is -0.452 e. The molecule has 0 bridgehead atoms. The van der Waals surface area contributed by atoms with Crippen LogP contribution in [0.1, 0.15) is 26.2 Å². The number of rotatable bonds is 4. The molecule has 0 N–H and O–H groups in total. The zero-order valence-electron chi connectivity index (χ0n) is 10.6. The molecule has 1 atom stereocenters. The molecule has 0 aromatic rings. The first-order valence-corrected chi connectivity index (χ1v) is 5.77. The molecule has 0 aromatic carbocycles. The van der Waals surface area contributed by atoms with Gasteiger partial charge in [-0.1, -0.05) is 6.58 Å². The van der Waals surface area contributed by atoms with Gasteiger partial charge in [-0.3, -0.25) is 14.4 Å². The minimum absolute atomic E-state index is 0.193. The number of hydrogen-bond donors (Lipinski definition) is 0. The molecular weight excluding hydrogens is 254 g/mol. The maximum Gasteiger partial charge on any atom is 0.330 e. The van der Waals surface area contributed by atoms with E-state index < -0.39 is 36.6 Å². The van der Waals surface area contributed by atoms with Gasteiger partial charge in [0.25, 0.3) is 5.91 Å². The summed E-state index contributed by atoms with van der Waals surface area (Å²) in [6.45, 7) is 3.79. The Morgan fingerprint density at radius 1 is 1.47 bits per heavy atom. The summed E-state index contributed by atoms with van der Waals surface area (Å²) >= 11 is 0. The Balaban J connectivity index is 2.70. The largest absolute Gasteiger partial charge is 0.452 e. The number of amides is 2. The molecular formula is C12H15NO6. The highest BCUT2D eigenvalue weighted by Crippen LogP contribution is 2.19. The summed E-state index contributed by atoms with van der Waals surface area (Å²) in [4.78, 5) is 46.1. The van der Waals surface area contributed by atoms with Gasteiger partial charge in [-0.2, -0.15) is 0 Å². The van der Waals surface area contributed by atoms with Crippen molar-refractivity contribution in [2.45, 2.75) is 32.4 Å². The lowest BCUT2D eigenvalue weighted by Crippen LogP contribution is -2.50. The van der Waals surface area contributed by atoms with Crippen molar-refractivity contribution in [1.82, 2.24) is 4.90 Å². The minimum atomic E-state index is -0.923. The number of hydrogen-bond acceptors (Lipinski definition) is 6. The summed E-state index contributed by atoms with van der Waals surface area (Å²) in [6, 6.07) is 0. The van der Waals surface area contributed by atoms with E-state index in [1.54, 1.807) is 0 Å². The number of imide groups is 1. The zero-order chi connectivity index (χ0) is 14.4. The van der Waals surface area contributed by atoms with Gasteiger partial charge >= 0.3 is 11.9 Å². The lowest BCUT2D eigenvalue weighted by Gasteiger charge is -2.32. The van der Waals surface area contributed by atoms with Crippen LogP contribution < -0.4 is 0 Å². The second kappa shape index (κ2) is 6.67. The maximum atomic E-state index is 11.8. The van der Waals surface area contributed by atoms with Crippen LogP contribution in [0.4, 0.5) is 0 Å². The quantitative estimate of drug-likeness (QED) is 0.533. The van der Waals surface area contributed by atoms with Crippen LogP contribution in [0.15, 0.2) is 12.7 Å². The highest BCUT2D eigenvalue weighted by atomic mass is 16.6. The van der Waals surface area contributed by atoms with Gasteiger partial charge in [-0.15, -0.1) is 0 Å². The summed E-state index contributed by atoms with van der Waals surface area (Å²) in [7, 11) is 0. The van der Waals surface area contributed by atoms with E-state index in [1.165, 1.54) is 6.92 Å². The fourth-order valence-corrected chi connectivity index (χ4v) is 1.70. The standard InChI is InChI=1S/C12H15NO6/c1-3-12(17)18-7-10(16)13-9(15)5-4-6-11(13)19-8(2)14/h3,11H,1,4-7H2,2H3. The molecule has 2 amide bonds. The molecule has 1 rings (SSSR count). The van der Waals surface area contributed by atoms with Gasteiger partial charge in [0.1, 0.15) is 0 Å². The predicted molar refractivity (Wildman–Crippen MR) is 62.4 cm³/mol. The van der Waals surface area contributed by atoms with Crippen molar-refractivity contribution in [3.05, 3.63) is 12.7 Å². The van der Waals surface area contributed by atoms with E-state index in [4.69, 9.17) is 4.74 Å². The van der Waals surface area contributed by atoms with E-state index in [2.05, 4.69) is 11.3 Å². The number of carbonyl (C=O) groups excluding carboxylic acids is 4. The average Bonchev–Trinajstić information content (AvgIpc) is 2.35. The summed E-state index contributed by atoms with van der Waals surface area (Å²) in [5.74, 6) is -2.51. The van der Waals surface area contributed by atoms with E-state index in [1.807, 2.05) is 0 Å². The summed E-state index contributed by atoms with van der Waals surface area (Å²) in [6.07, 6.45) is 1.10. The Morgan fingerprint density at radius 3 is 2.74 bits per heavy atom. The molecule has 104 valence electrons. The van der Waals surface area contributed by atoms with Crippen LogP contribution >= 0.6 is 0 Å². The normalized spacial score (nSPS) is 18.7. The molecule has 0 aromatic heterocycles. The average molecular weight is 269 g/mol. The molecule has 1 unspecified atom stereocenters. The third-order valence-electron chi connectivity index (χ3n) is 2.47. The van der Waals surface area contributed by atoms with Gasteiger partial charge in [0.2, 0.25) is 5.91 Å². The van der Waals surface area contributed by atoms with E-state index in [0.29, 0.717) is 12.8 Å². The highest BCUT2D eigenvalue weighted by Gasteiger charge is 2.35. The molecule has 0 radical (unpaired) electrons. The summed E-state index contributed by atoms with van der Waals surface area (Å²) in [5, 5.41) is 0. The second-order valence-corrected chi connectivity index (χ2v) is 3.93. The highest BCUT2D eigenvalue weighted by molar-refractivity contribution is 5.97. The van der Waals surface area contributed by atoms with Gasteiger partial charge in [0.05, 0.1) is 0 Å². The third-order valence-corrected chi connectivity index (χ3v) is 2.47. The first-order chi connectivity index (χ1) is 8.95. The fourth-order valence-electron chi connectivity index (χ4n) is 1.70. The summed E-state index contributed by atoms with van der Waals surface area (Å²) in [5.41, 5.74) is 0. The van der Waals surface area contributed by atoms with E-state index in [9.17, 15) is 19.2 Å². The molecule has 7 nitrogen and oxygen atoms in total. The van der Waals surface area contributed by atoms with E-state index in [-0.39, 0.29) is 6.42 Å². The predicted octanol–water partition coefficient (Wildman–Crippen LogP) is 0.144. The first kappa shape index (κ1) is 14.9. The lowest BCUT2D eigenvalue weighted by molar-refractivity contribution is -0.176. The van der Waals surface area contributed by atoms with Gasteiger partial charge in [0.15, 0.2) is 12.8 Å². The molecule has 1 saturated heterocycles. The summed E-state index contributed by atoms with van der Waals surface area (Å²) < 4.78 is 9.48. The van der Waals surface area contributed by atoms with Crippen molar-refractivity contribution in [2.75, 3.05) is 6.61 Å². The van der Waals surface area contributed by atoms with Crippen molar-refractivity contribution in [2.24, 2.45) is 0 Å². The topological polar surface area (TPSA) is 90.0 Å². The van der Waals surface area contributed by atoms with Crippen LogP contribution in [0.2, 0.25) is 0 Å². The number of nitrogens with zero attached hydrogens (tertiary/aromatic N) is 1. The monoisotopic (exact) mass is 269 g/mol. The van der Waals surface area contributed by atoms with Gasteiger partial charge in [-0.25, -0.2) is 9.69 Å². The van der Waals surface area contributed by atoms with Crippen molar-refractivity contribution in [3.63, 3.8) is 0 Å². The van der Waals surface area contributed by atoms with Crippen LogP contribution in [0, 0.1) is 0 Å². The van der Waals surface area contributed by atoms with Crippen molar-refractivity contribution >= 4 is 23.8 Å². The molecule has 0 spiro atoms. The molecule has 1 aliphatic heterocycles. The molecule has 1 fully saturated rings. The Kier molecular flexibility index (Phi) is 5.23. The molecule has 1 aliphatic rings. The number of esters is 2. The van der Waals surface area contributed by atoms with Crippen molar-refractivity contribution in [1.29, 1.82) is 0 Å².